The maximum Gasteiger partial charge on any atom is 0.225 e. The van der Waals surface area contributed by atoms with Crippen LogP contribution in [0.4, 0.5) is 5.82 Å². The zero-order chi connectivity index (χ0) is 10.7. The maximum atomic E-state index is 5.71. The number of aromatic nitrogens is 2. The molecule has 0 saturated heterocycles. The van der Waals surface area contributed by atoms with Crippen molar-refractivity contribution in [1.29, 1.82) is 0 Å². The van der Waals surface area contributed by atoms with E-state index in [0.29, 0.717) is 17.5 Å². The molecule has 0 aliphatic heterocycles. The molecule has 0 aromatic carbocycles. The highest BCUT2D eigenvalue weighted by molar-refractivity contribution is 6.32. The van der Waals surface area contributed by atoms with Gasteiger partial charge in [0.2, 0.25) is 5.28 Å². The average Bonchev–Trinajstić information content (AvgIpc) is 2.65. The Kier molecular flexibility index (Phi) is 3.08. The Balaban J connectivity index is 2.05. The van der Waals surface area contributed by atoms with Gasteiger partial charge in [-0.05, 0) is 23.7 Å². The third-order valence-electron chi connectivity index (χ3n) is 1.69. The molecule has 0 bridgehead atoms. The molecule has 0 amide bonds. The first-order chi connectivity index (χ1) is 7.24. The highest BCUT2D eigenvalue weighted by atomic mass is 35.5. The molecular weight excluding hydrogens is 237 g/mol. The van der Waals surface area contributed by atoms with Crippen molar-refractivity contribution in [3.8, 4) is 0 Å². The van der Waals surface area contributed by atoms with Gasteiger partial charge in [-0.25, -0.2) is 9.97 Å². The standard InChI is InChI=1S/C9H7Cl2N3O/c10-7-4-8(14-9(11)13-7)12-5-6-2-1-3-15-6/h1-4H,5H2,(H,12,13,14). The fourth-order valence-corrected chi connectivity index (χ4v) is 1.48. The second kappa shape index (κ2) is 4.51. The fourth-order valence-electron chi connectivity index (χ4n) is 1.07. The van der Waals surface area contributed by atoms with Gasteiger partial charge in [-0.15, -0.1) is 0 Å². The van der Waals surface area contributed by atoms with Gasteiger partial charge in [0.05, 0.1) is 12.8 Å². The van der Waals surface area contributed by atoms with Crippen LogP contribution in [0.1, 0.15) is 5.76 Å². The highest BCUT2D eigenvalue weighted by Gasteiger charge is 2.01. The van der Waals surface area contributed by atoms with Crippen molar-refractivity contribution in [3.05, 3.63) is 40.7 Å². The topological polar surface area (TPSA) is 51.0 Å². The second-order valence-corrected chi connectivity index (χ2v) is 3.50. The van der Waals surface area contributed by atoms with E-state index < -0.39 is 0 Å². The van der Waals surface area contributed by atoms with E-state index in [9.17, 15) is 0 Å². The molecule has 2 aromatic rings. The van der Waals surface area contributed by atoms with Gasteiger partial charge in [0.1, 0.15) is 16.7 Å². The van der Waals surface area contributed by atoms with Crippen LogP contribution < -0.4 is 5.32 Å². The summed E-state index contributed by atoms with van der Waals surface area (Å²) in [4.78, 5) is 7.69. The van der Waals surface area contributed by atoms with Gasteiger partial charge in [0.25, 0.3) is 0 Å². The maximum absolute atomic E-state index is 5.71. The smallest absolute Gasteiger partial charge is 0.225 e. The molecule has 0 saturated carbocycles. The van der Waals surface area contributed by atoms with E-state index in [2.05, 4.69) is 15.3 Å². The number of hydrogen-bond donors (Lipinski definition) is 1. The van der Waals surface area contributed by atoms with Gasteiger partial charge in [-0.3, -0.25) is 0 Å². The normalized spacial score (nSPS) is 10.3. The molecule has 0 aliphatic carbocycles. The molecule has 2 rings (SSSR count). The molecule has 2 heterocycles. The Hall–Kier alpha value is -1.26. The number of nitrogens with one attached hydrogen (secondary N) is 1. The minimum absolute atomic E-state index is 0.115. The first-order valence-corrected chi connectivity index (χ1v) is 4.96. The summed E-state index contributed by atoms with van der Waals surface area (Å²) in [6, 6.07) is 5.27. The summed E-state index contributed by atoms with van der Waals surface area (Å²) in [6.07, 6.45) is 1.61. The lowest BCUT2D eigenvalue weighted by Gasteiger charge is -2.03. The summed E-state index contributed by atoms with van der Waals surface area (Å²) >= 11 is 11.4. The minimum atomic E-state index is 0.115. The summed E-state index contributed by atoms with van der Waals surface area (Å²) in [5, 5.41) is 3.43. The van der Waals surface area contributed by atoms with Crippen molar-refractivity contribution in [1.82, 2.24) is 9.97 Å². The Morgan fingerprint density at radius 1 is 1.33 bits per heavy atom. The van der Waals surface area contributed by atoms with E-state index in [1.807, 2.05) is 12.1 Å². The van der Waals surface area contributed by atoms with Crippen molar-refractivity contribution in [3.63, 3.8) is 0 Å². The second-order valence-electron chi connectivity index (χ2n) is 2.78. The lowest BCUT2D eigenvalue weighted by atomic mass is 10.4. The molecule has 0 atom stereocenters. The summed E-state index contributed by atoms with van der Waals surface area (Å²) < 4.78 is 5.14. The Morgan fingerprint density at radius 2 is 2.20 bits per heavy atom. The van der Waals surface area contributed by atoms with Crippen LogP contribution in [-0.4, -0.2) is 9.97 Å². The number of nitrogens with zero attached hydrogens (tertiary/aromatic N) is 2. The van der Waals surface area contributed by atoms with E-state index in [4.69, 9.17) is 27.6 Å². The van der Waals surface area contributed by atoms with Crippen molar-refractivity contribution in [2.75, 3.05) is 5.32 Å². The molecule has 15 heavy (non-hydrogen) atoms. The quantitative estimate of drug-likeness (QED) is 0.666. The van der Waals surface area contributed by atoms with Crippen LogP contribution in [0.25, 0.3) is 0 Å². The molecule has 0 spiro atoms. The minimum Gasteiger partial charge on any atom is -0.467 e. The molecule has 0 unspecified atom stereocenters. The van der Waals surface area contributed by atoms with E-state index in [0.717, 1.165) is 5.76 Å². The Labute approximate surface area is 96.2 Å². The SMILES string of the molecule is Clc1cc(NCc2ccco2)nc(Cl)n1. The molecule has 0 radical (unpaired) electrons. The lowest BCUT2D eigenvalue weighted by molar-refractivity contribution is 0.518. The van der Waals surface area contributed by atoms with Crippen molar-refractivity contribution < 1.29 is 4.42 Å². The molecule has 2 aromatic heterocycles. The van der Waals surface area contributed by atoms with E-state index in [1.54, 1.807) is 12.3 Å². The van der Waals surface area contributed by atoms with Crippen LogP contribution in [0.5, 0.6) is 0 Å². The van der Waals surface area contributed by atoms with Crippen molar-refractivity contribution in [2.45, 2.75) is 6.54 Å². The molecule has 0 fully saturated rings. The third-order valence-corrected chi connectivity index (χ3v) is 2.05. The number of rotatable bonds is 3. The van der Waals surface area contributed by atoms with Gasteiger partial charge in [-0.2, -0.15) is 0 Å². The molecule has 0 aliphatic rings. The summed E-state index contributed by atoms with van der Waals surface area (Å²) in [7, 11) is 0. The predicted molar refractivity (Wildman–Crippen MR) is 58.1 cm³/mol. The Bertz CT molecular complexity index is 424. The number of furan rings is 1. The average molecular weight is 244 g/mol. The molecular formula is C9H7Cl2N3O. The Morgan fingerprint density at radius 3 is 2.87 bits per heavy atom. The molecule has 1 N–H and O–H groups in total. The van der Waals surface area contributed by atoms with Crippen LogP contribution in [0.3, 0.4) is 0 Å². The van der Waals surface area contributed by atoms with Crippen LogP contribution in [0, 0.1) is 0 Å². The van der Waals surface area contributed by atoms with Crippen molar-refractivity contribution in [2.24, 2.45) is 0 Å². The van der Waals surface area contributed by atoms with Gasteiger partial charge >= 0.3 is 0 Å². The molecule has 4 nitrogen and oxygen atoms in total. The summed E-state index contributed by atoms with van der Waals surface area (Å²) in [5.74, 6) is 1.37. The highest BCUT2D eigenvalue weighted by Crippen LogP contribution is 2.15. The first-order valence-electron chi connectivity index (χ1n) is 4.20. The van der Waals surface area contributed by atoms with Gasteiger partial charge < -0.3 is 9.73 Å². The monoisotopic (exact) mass is 243 g/mol. The fraction of sp³-hybridized carbons (Fsp3) is 0.111. The van der Waals surface area contributed by atoms with Crippen LogP contribution in [-0.2, 0) is 6.54 Å². The zero-order valence-corrected chi connectivity index (χ0v) is 9.09. The summed E-state index contributed by atoms with van der Waals surface area (Å²) in [5.41, 5.74) is 0. The van der Waals surface area contributed by atoms with Crippen molar-refractivity contribution >= 4 is 29.0 Å². The van der Waals surface area contributed by atoms with Gasteiger partial charge in [-0.1, -0.05) is 11.6 Å². The number of anilines is 1. The lowest BCUT2D eigenvalue weighted by Crippen LogP contribution is -2.01. The molecule has 6 heteroatoms. The molecule has 78 valence electrons. The first kappa shape index (κ1) is 10.3. The van der Waals surface area contributed by atoms with Crippen LogP contribution in [0.2, 0.25) is 10.4 Å². The third kappa shape index (κ3) is 2.84. The van der Waals surface area contributed by atoms with Crippen LogP contribution >= 0.6 is 23.2 Å². The van der Waals surface area contributed by atoms with Crippen LogP contribution in [0.15, 0.2) is 28.9 Å². The van der Waals surface area contributed by atoms with Gasteiger partial charge in [0.15, 0.2) is 0 Å². The largest absolute Gasteiger partial charge is 0.467 e. The van der Waals surface area contributed by atoms with E-state index >= 15 is 0 Å². The predicted octanol–water partition coefficient (Wildman–Crippen LogP) is 2.99. The number of halogens is 2. The van der Waals surface area contributed by atoms with Gasteiger partial charge in [0, 0.05) is 6.07 Å². The van der Waals surface area contributed by atoms with E-state index in [1.165, 1.54) is 0 Å². The summed E-state index contributed by atoms with van der Waals surface area (Å²) in [6.45, 7) is 0.524. The zero-order valence-electron chi connectivity index (χ0n) is 7.58. The number of hydrogen-bond acceptors (Lipinski definition) is 4. The van der Waals surface area contributed by atoms with E-state index in [-0.39, 0.29) is 5.28 Å².